The van der Waals surface area contributed by atoms with Gasteiger partial charge in [0.05, 0.1) is 0 Å². The van der Waals surface area contributed by atoms with Gasteiger partial charge in [-0.25, -0.2) is 0 Å². The topological polar surface area (TPSA) is 101 Å². The van der Waals surface area contributed by atoms with Crippen molar-refractivity contribution in [2.75, 3.05) is 6.54 Å². The fourth-order valence-electron chi connectivity index (χ4n) is 1.78. The predicted molar refractivity (Wildman–Crippen MR) is 69.2 cm³/mol. The molecule has 0 aromatic heterocycles. The van der Waals surface area contributed by atoms with Crippen molar-refractivity contribution in [1.29, 1.82) is 0 Å². The Balaban J connectivity index is 3.89. The van der Waals surface area contributed by atoms with E-state index in [1.54, 1.807) is 0 Å². The van der Waals surface area contributed by atoms with Gasteiger partial charge in [0.25, 0.3) is 0 Å². The number of hydrogen-bond donors (Lipinski definition) is 4. The summed E-state index contributed by atoms with van der Waals surface area (Å²) < 4.78 is 0. The maximum absolute atomic E-state index is 10.9. The number of aliphatic hydroxyl groups is 1. The van der Waals surface area contributed by atoms with Crippen LogP contribution in [0.3, 0.4) is 0 Å². The van der Waals surface area contributed by atoms with Crippen molar-refractivity contribution in [2.45, 2.75) is 64.1 Å². The molecule has 5 heteroatoms. The molecule has 0 aromatic rings. The molecule has 0 spiro atoms. The van der Waals surface area contributed by atoms with Crippen molar-refractivity contribution in [3.8, 4) is 0 Å². The summed E-state index contributed by atoms with van der Waals surface area (Å²) in [5.74, 6) is -0.326. The zero-order chi connectivity index (χ0) is 13.1. The Hall–Kier alpha value is -0.650. The van der Waals surface area contributed by atoms with Crippen LogP contribution in [0.4, 0.5) is 0 Å². The van der Waals surface area contributed by atoms with Crippen LogP contribution in [0.5, 0.6) is 0 Å². The van der Waals surface area contributed by atoms with E-state index in [0.29, 0.717) is 13.0 Å². The number of hydrogen-bond acceptors (Lipinski definition) is 4. The molecular weight excluding hydrogens is 218 g/mol. The predicted octanol–water partition coefficient (Wildman–Crippen LogP) is 0.458. The first-order chi connectivity index (χ1) is 8.10. The van der Waals surface area contributed by atoms with Crippen LogP contribution in [0, 0.1) is 0 Å². The Morgan fingerprint density at radius 1 is 1.29 bits per heavy atom. The summed E-state index contributed by atoms with van der Waals surface area (Å²) in [6.07, 6.45) is 5.15. The second kappa shape index (κ2) is 10.5. The highest BCUT2D eigenvalue weighted by atomic mass is 16.3. The third-order valence-electron chi connectivity index (χ3n) is 2.71. The molecular formula is C12H27N3O2. The molecule has 17 heavy (non-hydrogen) atoms. The number of unbranched alkanes of at least 4 members (excludes halogenated alkanes) is 2. The molecule has 102 valence electrons. The van der Waals surface area contributed by atoms with Crippen LogP contribution in [0.1, 0.15) is 51.9 Å². The summed E-state index contributed by atoms with van der Waals surface area (Å²) in [6, 6.07) is -0.0136. The first-order valence-electron chi connectivity index (χ1n) is 6.52. The molecule has 0 aliphatic rings. The number of carbonyl (C=O) groups excluding carboxylic acids is 1. The molecule has 0 radical (unpaired) electrons. The van der Waals surface area contributed by atoms with Gasteiger partial charge in [0.1, 0.15) is 6.23 Å². The molecule has 0 saturated carbocycles. The maximum Gasteiger partial charge on any atom is 0.218 e. The van der Waals surface area contributed by atoms with Crippen LogP contribution in [-0.4, -0.2) is 29.8 Å². The summed E-state index contributed by atoms with van der Waals surface area (Å²) in [5, 5.41) is 12.8. The van der Waals surface area contributed by atoms with E-state index in [-0.39, 0.29) is 18.4 Å². The van der Waals surface area contributed by atoms with Crippen LogP contribution < -0.4 is 16.8 Å². The smallest absolute Gasteiger partial charge is 0.218 e. The van der Waals surface area contributed by atoms with Gasteiger partial charge in [0, 0.05) is 12.5 Å². The highest BCUT2D eigenvalue weighted by Gasteiger charge is 2.14. The summed E-state index contributed by atoms with van der Waals surface area (Å²) in [5.41, 5.74) is 10.6. The summed E-state index contributed by atoms with van der Waals surface area (Å²) >= 11 is 0. The van der Waals surface area contributed by atoms with E-state index in [4.69, 9.17) is 11.5 Å². The number of rotatable bonds is 11. The van der Waals surface area contributed by atoms with Crippen molar-refractivity contribution in [3.63, 3.8) is 0 Å². The number of primary amides is 1. The molecule has 1 amide bonds. The third kappa shape index (κ3) is 10.2. The van der Waals surface area contributed by atoms with Crippen molar-refractivity contribution < 1.29 is 9.90 Å². The monoisotopic (exact) mass is 245 g/mol. The lowest BCUT2D eigenvalue weighted by Gasteiger charge is -2.21. The molecule has 6 N–H and O–H groups in total. The summed E-state index contributed by atoms with van der Waals surface area (Å²) in [6.45, 7) is 2.74. The Bertz CT molecular complexity index is 200. The summed E-state index contributed by atoms with van der Waals surface area (Å²) in [4.78, 5) is 10.9. The highest BCUT2D eigenvalue weighted by Crippen LogP contribution is 2.07. The van der Waals surface area contributed by atoms with Crippen molar-refractivity contribution in [3.05, 3.63) is 0 Å². The second-order valence-corrected chi connectivity index (χ2v) is 4.48. The molecule has 0 bridgehead atoms. The molecule has 0 saturated heterocycles. The van der Waals surface area contributed by atoms with E-state index in [1.807, 2.05) is 0 Å². The number of amides is 1. The van der Waals surface area contributed by atoms with Gasteiger partial charge in [0.15, 0.2) is 0 Å². The first kappa shape index (κ1) is 16.4. The third-order valence-corrected chi connectivity index (χ3v) is 2.71. The fourth-order valence-corrected chi connectivity index (χ4v) is 1.78. The SMILES string of the molecule is CCCCC(CC(N)=O)NC(O)CCCCN. The minimum Gasteiger partial charge on any atom is -0.379 e. The van der Waals surface area contributed by atoms with Crippen molar-refractivity contribution in [2.24, 2.45) is 11.5 Å². The number of nitrogens with one attached hydrogen (secondary N) is 1. The molecule has 0 heterocycles. The average molecular weight is 245 g/mol. The Morgan fingerprint density at radius 2 is 2.00 bits per heavy atom. The molecule has 5 nitrogen and oxygen atoms in total. The molecule has 0 aliphatic heterocycles. The van der Waals surface area contributed by atoms with Gasteiger partial charge in [-0.15, -0.1) is 0 Å². The molecule has 2 atom stereocenters. The van der Waals surface area contributed by atoms with Gasteiger partial charge in [-0.05, 0) is 32.2 Å². The van der Waals surface area contributed by atoms with Gasteiger partial charge >= 0.3 is 0 Å². The van der Waals surface area contributed by atoms with Crippen LogP contribution in [0.15, 0.2) is 0 Å². The van der Waals surface area contributed by atoms with E-state index >= 15 is 0 Å². The van der Waals surface area contributed by atoms with Crippen molar-refractivity contribution >= 4 is 5.91 Å². The lowest BCUT2D eigenvalue weighted by atomic mass is 10.1. The quantitative estimate of drug-likeness (QED) is 0.314. The van der Waals surface area contributed by atoms with Crippen molar-refractivity contribution in [1.82, 2.24) is 5.32 Å². The number of carbonyl (C=O) groups is 1. The highest BCUT2D eigenvalue weighted by molar-refractivity contribution is 5.74. The van der Waals surface area contributed by atoms with Gasteiger partial charge in [-0.1, -0.05) is 19.8 Å². The average Bonchev–Trinajstić information content (AvgIpc) is 2.25. The molecule has 0 rings (SSSR count). The Kier molecular flexibility index (Phi) is 10.1. The minimum atomic E-state index is -0.567. The zero-order valence-electron chi connectivity index (χ0n) is 10.8. The van der Waals surface area contributed by atoms with Gasteiger partial charge in [-0.3, -0.25) is 10.1 Å². The second-order valence-electron chi connectivity index (χ2n) is 4.48. The Labute approximate surface area is 104 Å². The zero-order valence-corrected chi connectivity index (χ0v) is 10.8. The minimum absolute atomic E-state index is 0.0136. The Morgan fingerprint density at radius 3 is 2.53 bits per heavy atom. The van der Waals surface area contributed by atoms with Gasteiger partial charge in [-0.2, -0.15) is 0 Å². The van der Waals surface area contributed by atoms with Crippen LogP contribution >= 0.6 is 0 Å². The van der Waals surface area contributed by atoms with E-state index in [9.17, 15) is 9.90 Å². The first-order valence-corrected chi connectivity index (χ1v) is 6.52. The number of aliphatic hydroxyl groups excluding tert-OH is 1. The van der Waals surface area contributed by atoms with Crippen LogP contribution in [0.2, 0.25) is 0 Å². The lowest BCUT2D eigenvalue weighted by Crippen LogP contribution is -2.40. The lowest BCUT2D eigenvalue weighted by molar-refractivity contribution is -0.118. The van der Waals surface area contributed by atoms with Crippen LogP contribution in [-0.2, 0) is 4.79 Å². The largest absolute Gasteiger partial charge is 0.379 e. The fraction of sp³-hybridized carbons (Fsp3) is 0.917. The van der Waals surface area contributed by atoms with E-state index < -0.39 is 6.23 Å². The maximum atomic E-state index is 10.9. The van der Waals surface area contributed by atoms with Gasteiger partial charge < -0.3 is 16.6 Å². The van der Waals surface area contributed by atoms with E-state index in [1.165, 1.54) is 0 Å². The number of nitrogens with two attached hydrogens (primary N) is 2. The molecule has 0 fully saturated rings. The normalized spacial score (nSPS) is 14.5. The molecule has 0 aliphatic carbocycles. The van der Waals surface area contributed by atoms with E-state index in [2.05, 4.69) is 12.2 Å². The molecule has 2 unspecified atom stereocenters. The van der Waals surface area contributed by atoms with Gasteiger partial charge in [0.2, 0.25) is 5.91 Å². The van der Waals surface area contributed by atoms with E-state index in [0.717, 1.165) is 32.1 Å². The molecule has 0 aromatic carbocycles. The van der Waals surface area contributed by atoms with Crippen LogP contribution in [0.25, 0.3) is 0 Å². The summed E-state index contributed by atoms with van der Waals surface area (Å²) in [7, 11) is 0. The standard InChI is InChI=1S/C12H27N3O2/c1-2-3-6-10(9-11(14)16)15-12(17)7-4-5-8-13/h10,12,15,17H,2-9,13H2,1H3,(H2,14,16).